The summed E-state index contributed by atoms with van der Waals surface area (Å²) in [6.45, 7) is -0.209. The van der Waals surface area contributed by atoms with E-state index in [1.54, 1.807) is 42.6 Å². The average molecular weight is 468 g/mol. The maximum atomic E-state index is 13.1. The van der Waals surface area contributed by atoms with E-state index < -0.39 is 30.1 Å². The Balaban J connectivity index is 1.79. The molecule has 0 aliphatic rings. The number of halogens is 6. The summed E-state index contributed by atoms with van der Waals surface area (Å²) in [5.41, 5.74) is -1.93. The molecule has 10 heteroatoms. The van der Waals surface area contributed by atoms with Crippen molar-refractivity contribution in [2.75, 3.05) is 0 Å². The number of nitrogens with zero attached hydrogens (tertiary/aromatic N) is 2. The van der Waals surface area contributed by atoms with Crippen molar-refractivity contribution in [1.29, 1.82) is 0 Å². The van der Waals surface area contributed by atoms with E-state index in [-0.39, 0.29) is 30.5 Å². The number of pyridine rings is 1. The Kier molecular flexibility index (Phi) is 7.25. The van der Waals surface area contributed by atoms with E-state index in [1.807, 2.05) is 0 Å². The SMILES string of the molecule is O=CN(Cc1ccccn1)Cc1ccccc1OCc1cc(C(F)(F)F)cc(C(F)(F)F)c1. The van der Waals surface area contributed by atoms with Crippen LogP contribution in [0.2, 0.25) is 0 Å². The number of rotatable bonds is 8. The second-order valence-electron chi connectivity index (χ2n) is 7.14. The smallest absolute Gasteiger partial charge is 0.416 e. The van der Waals surface area contributed by atoms with Crippen LogP contribution < -0.4 is 4.74 Å². The lowest BCUT2D eigenvalue weighted by molar-refractivity contribution is -0.143. The first-order valence-corrected chi connectivity index (χ1v) is 9.64. The van der Waals surface area contributed by atoms with Gasteiger partial charge in [0, 0.05) is 18.3 Å². The van der Waals surface area contributed by atoms with E-state index in [9.17, 15) is 31.1 Å². The van der Waals surface area contributed by atoms with E-state index in [4.69, 9.17) is 4.74 Å². The van der Waals surface area contributed by atoms with Gasteiger partial charge in [-0.3, -0.25) is 9.78 Å². The van der Waals surface area contributed by atoms with Gasteiger partial charge >= 0.3 is 12.4 Å². The molecular weight excluding hydrogens is 450 g/mol. The van der Waals surface area contributed by atoms with Crippen LogP contribution in [0.15, 0.2) is 66.9 Å². The lowest BCUT2D eigenvalue weighted by Gasteiger charge is -2.20. The van der Waals surface area contributed by atoms with Crippen LogP contribution in [-0.2, 0) is 36.8 Å². The summed E-state index contributed by atoms with van der Waals surface area (Å²) in [6, 6.07) is 13.0. The Morgan fingerprint density at radius 3 is 2.06 bits per heavy atom. The van der Waals surface area contributed by atoms with Crippen molar-refractivity contribution >= 4 is 6.41 Å². The predicted octanol–water partition coefficient (Wildman–Crippen LogP) is 5.86. The van der Waals surface area contributed by atoms with Crippen LogP contribution in [0.4, 0.5) is 26.3 Å². The van der Waals surface area contributed by atoms with Crippen LogP contribution in [0.25, 0.3) is 0 Å². The lowest BCUT2D eigenvalue weighted by atomic mass is 10.1. The van der Waals surface area contributed by atoms with Crippen molar-refractivity contribution in [2.24, 2.45) is 0 Å². The maximum absolute atomic E-state index is 13.1. The first kappa shape index (κ1) is 24.1. The zero-order valence-corrected chi connectivity index (χ0v) is 17.0. The minimum absolute atomic E-state index is 0.0665. The Morgan fingerprint density at radius 2 is 1.48 bits per heavy atom. The molecule has 1 heterocycles. The number of hydrogen-bond donors (Lipinski definition) is 0. The Labute approximate surface area is 185 Å². The Morgan fingerprint density at radius 1 is 0.848 bits per heavy atom. The third-order valence-corrected chi connectivity index (χ3v) is 4.63. The number of carbonyl (C=O) groups excluding carboxylic acids is 1. The minimum Gasteiger partial charge on any atom is -0.489 e. The molecule has 0 radical (unpaired) electrons. The molecule has 1 amide bonds. The van der Waals surface area contributed by atoms with E-state index >= 15 is 0 Å². The molecule has 3 aromatic rings. The van der Waals surface area contributed by atoms with E-state index in [0.29, 0.717) is 29.8 Å². The zero-order chi connectivity index (χ0) is 24.1. The second kappa shape index (κ2) is 9.93. The molecule has 0 fully saturated rings. The number of aromatic nitrogens is 1. The summed E-state index contributed by atoms with van der Waals surface area (Å²) < 4.78 is 84.0. The van der Waals surface area contributed by atoms with Crippen molar-refractivity contribution in [3.63, 3.8) is 0 Å². The van der Waals surface area contributed by atoms with Crippen LogP contribution in [0.5, 0.6) is 5.75 Å². The molecule has 0 atom stereocenters. The third kappa shape index (κ3) is 6.71. The lowest BCUT2D eigenvalue weighted by Crippen LogP contribution is -2.21. The van der Waals surface area contributed by atoms with Gasteiger partial charge in [0.05, 0.1) is 23.4 Å². The molecule has 0 unspecified atom stereocenters. The molecule has 1 aromatic heterocycles. The summed E-state index contributed by atoms with van der Waals surface area (Å²) in [5.74, 6) is 0.233. The first-order valence-electron chi connectivity index (χ1n) is 9.64. The van der Waals surface area contributed by atoms with Crippen LogP contribution in [-0.4, -0.2) is 16.3 Å². The molecule has 3 rings (SSSR count). The van der Waals surface area contributed by atoms with Gasteiger partial charge in [0.1, 0.15) is 12.4 Å². The van der Waals surface area contributed by atoms with E-state index in [0.717, 1.165) is 0 Å². The van der Waals surface area contributed by atoms with Crippen molar-refractivity contribution in [2.45, 2.75) is 32.0 Å². The molecule has 0 bridgehead atoms. The van der Waals surface area contributed by atoms with Crippen LogP contribution in [0.1, 0.15) is 27.9 Å². The average Bonchev–Trinajstić information content (AvgIpc) is 2.77. The summed E-state index contributed by atoms with van der Waals surface area (Å²) in [4.78, 5) is 17.1. The molecule has 174 valence electrons. The monoisotopic (exact) mass is 468 g/mol. The largest absolute Gasteiger partial charge is 0.489 e. The molecule has 0 saturated carbocycles. The van der Waals surface area contributed by atoms with Gasteiger partial charge in [-0.25, -0.2) is 0 Å². The molecule has 0 N–H and O–H groups in total. The highest BCUT2D eigenvalue weighted by Gasteiger charge is 2.36. The maximum Gasteiger partial charge on any atom is 0.416 e. The normalized spacial score (nSPS) is 11.8. The minimum atomic E-state index is -4.94. The second-order valence-corrected chi connectivity index (χ2v) is 7.14. The number of carbonyl (C=O) groups is 1. The predicted molar refractivity (Wildman–Crippen MR) is 107 cm³/mol. The molecule has 0 aliphatic heterocycles. The number of alkyl halides is 6. The molecule has 2 aromatic carbocycles. The molecule has 0 spiro atoms. The fourth-order valence-corrected chi connectivity index (χ4v) is 3.09. The van der Waals surface area contributed by atoms with Gasteiger partial charge in [-0.1, -0.05) is 24.3 Å². The highest BCUT2D eigenvalue weighted by atomic mass is 19.4. The van der Waals surface area contributed by atoms with Crippen molar-refractivity contribution in [1.82, 2.24) is 9.88 Å². The molecule has 33 heavy (non-hydrogen) atoms. The van der Waals surface area contributed by atoms with E-state index in [2.05, 4.69) is 4.98 Å². The highest BCUT2D eigenvalue weighted by molar-refractivity contribution is 5.48. The van der Waals surface area contributed by atoms with Crippen molar-refractivity contribution < 1.29 is 35.9 Å². The quantitative estimate of drug-likeness (QED) is 0.307. The Bertz CT molecular complexity index is 1050. The summed E-state index contributed by atoms with van der Waals surface area (Å²) in [5, 5.41) is 0. The zero-order valence-electron chi connectivity index (χ0n) is 17.0. The number of para-hydroxylation sites is 1. The van der Waals surface area contributed by atoms with Crippen LogP contribution in [0.3, 0.4) is 0 Å². The summed E-state index contributed by atoms with van der Waals surface area (Å²) in [7, 11) is 0. The van der Waals surface area contributed by atoms with Gasteiger partial charge in [0.2, 0.25) is 6.41 Å². The number of benzene rings is 2. The fraction of sp³-hybridized carbons (Fsp3) is 0.217. The molecule has 0 saturated heterocycles. The van der Waals surface area contributed by atoms with Gasteiger partial charge in [-0.2, -0.15) is 26.3 Å². The van der Waals surface area contributed by atoms with E-state index in [1.165, 1.54) is 11.0 Å². The van der Waals surface area contributed by atoms with Crippen LogP contribution in [0, 0.1) is 0 Å². The number of hydrogen-bond acceptors (Lipinski definition) is 3. The van der Waals surface area contributed by atoms with Gasteiger partial charge in [-0.05, 0) is 42.0 Å². The van der Waals surface area contributed by atoms with Gasteiger partial charge < -0.3 is 9.64 Å². The van der Waals surface area contributed by atoms with Crippen molar-refractivity contribution in [3.05, 3.63) is 94.8 Å². The topological polar surface area (TPSA) is 42.4 Å². The first-order chi connectivity index (χ1) is 15.6. The number of ether oxygens (including phenoxy) is 1. The Hall–Kier alpha value is -3.56. The number of amides is 1. The van der Waals surface area contributed by atoms with Gasteiger partial charge in [0.15, 0.2) is 0 Å². The molecular formula is C23H18F6N2O2. The summed E-state index contributed by atoms with van der Waals surface area (Å²) in [6.07, 6.45) is -7.68. The van der Waals surface area contributed by atoms with Crippen LogP contribution >= 0.6 is 0 Å². The highest BCUT2D eigenvalue weighted by Crippen LogP contribution is 2.36. The van der Waals surface area contributed by atoms with Crippen molar-refractivity contribution in [3.8, 4) is 5.75 Å². The standard InChI is InChI=1S/C23H18F6N2O2/c24-22(25,26)18-9-16(10-19(11-18)23(27,28)29)14-33-21-7-2-1-5-17(21)12-31(15-32)13-20-6-3-4-8-30-20/h1-11,15H,12-14H2. The molecule has 0 aliphatic carbocycles. The molecule has 4 nitrogen and oxygen atoms in total. The fourth-order valence-electron chi connectivity index (χ4n) is 3.09. The van der Waals surface area contributed by atoms with Gasteiger partial charge in [-0.15, -0.1) is 0 Å². The van der Waals surface area contributed by atoms with Gasteiger partial charge in [0.25, 0.3) is 0 Å². The third-order valence-electron chi connectivity index (χ3n) is 4.63. The summed E-state index contributed by atoms with van der Waals surface area (Å²) >= 11 is 0.